The molecule has 0 spiro atoms. The number of halogens is 1. The van der Waals surface area contributed by atoms with Crippen molar-refractivity contribution in [2.24, 2.45) is 5.84 Å². The van der Waals surface area contributed by atoms with Crippen LogP contribution in [0.1, 0.15) is 35.3 Å². The second-order valence-corrected chi connectivity index (χ2v) is 6.23. The molecule has 0 radical (unpaired) electrons. The van der Waals surface area contributed by atoms with Crippen molar-refractivity contribution >= 4 is 15.9 Å². The molecular weight excluding hydrogens is 328 g/mol. The summed E-state index contributed by atoms with van der Waals surface area (Å²) < 4.78 is 7.05. The van der Waals surface area contributed by atoms with Crippen LogP contribution < -0.4 is 11.3 Å². The smallest absolute Gasteiger partial charge is 0.0846 e. The first kappa shape index (κ1) is 14.7. The van der Waals surface area contributed by atoms with E-state index in [1.165, 1.54) is 16.7 Å². The number of ether oxygens (including phenoxy) is 1. The van der Waals surface area contributed by atoms with E-state index in [0.717, 1.165) is 23.9 Å². The Morgan fingerprint density at radius 1 is 1.19 bits per heavy atom. The van der Waals surface area contributed by atoms with Gasteiger partial charge in [-0.25, -0.2) is 0 Å². The molecule has 21 heavy (non-hydrogen) atoms. The summed E-state index contributed by atoms with van der Waals surface area (Å²) in [6, 6.07) is 16.8. The van der Waals surface area contributed by atoms with Crippen molar-refractivity contribution in [2.45, 2.75) is 25.0 Å². The van der Waals surface area contributed by atoms with Crippen LogP contribution in [0.25, 0.3) is 0 Å². The summed E-state index contributed by atoms with van der Waals surface area (Å²) in [5.74, 6) is 5.76. The molecule has 0 saturated carbocycles. The number of benzene rings is 2. The zero-order chi connectivity index (χ0) is 14.7. The molecule has 1 heterocycles. The number of fused-ring (bicyclic) bond motifs is 1. The van der Waals surface area contributed by atoms with E-state index in [0.29, 0.717) is 0 Å². The maximum absolute atomic E-state index is 5.98. The molecule has 0 amide bonds. The predicted molar refractivity (Wildman–Crippen MR) is 87.7 cm³/mol. The third kappa shape index (κ3) is 3.35. The summed E-state index contributed by atoms with van der Waals surface area (Å²) in [5.41, 5.74) is 6.78. The van der Waals surface area contributed by atoms with E-state index in [1.807, 2.05) is 12.1 Å². The molecule has 3 rings (SSSR count). The summed E-state index contributed by atoms with van der Waals surface area (Å²) in [6.07, 6.45) is 1.92. The van der Waals surface area contributed by atoms with Gasteiger partial charge in [-0.3, -0.25) is 11.3 Å². The molecule has 2 aromatic rings. The van der Waals surface area contributed by atoms with Crippen molar-refractivity contribution in [3.63, 3.8) is 0 Å². The fourth-order valence-electron chi connectivity index (χ4n) is 2.88. The number of rotatable bonds is 4. The number of hydrogen-bond acceptors (Lipinski definition) is 3. The highest BCUT2D eigenvalue weighted by molar-refractivity contribution is 9.10. The summed E-state index contributed by atoms with van der Waals surface area (Å²) in [6.45, 7) is 0.777. The van der Waals surface area contributed by atoms with E-state index in [4.69, 9.17) is 10.6 Å². The second-order valence-electron chi connectivity index (χ2n) is 5.31. The molecule has 0 bridgehead atoms. The van der Waals surface area contributed by atoms with Gasteiger partial charge in [0, 0.05) is 10.5 Å². The van der Waals surface area contributed by atoms with Gasteiger partial charge < -0.3 is 4.74 Å². The Labute approximate surface area is 133 Å². The molecule has 0 aromatic heterocycles. The number of nitrogens with two attached hydrogens (primary N) is 1. The molecule has 1 aliphatic rings. The molecule has 3 nitrogen and oxygen atoms in total. The van der Waals surface area contributed by atoms with Crippen LogP contribution in [0.3, 0.4) is 0 Å². The Morgan fingerprint density at radius 2 is 1.95 bits per heavy atom. The van der Waals surface area contributed by atoms with Gasteiger partial charge in [-0.1, -0.05) is 52.3 Å². The fraction of sp³-hybridized carbons (Fsp3) is 0.294. The normalized spacial score (nSPS) is 19.0. The maximum Gasteiger partial charge on any atom is 0.0846 e. The van der Waals surface area contributed by atoms with Gasteiger partial charge in [0.25, 0.3) is 0 Å². The summed E-state index contributed by atoms with van der Waals surface area (Å²) in [7, 11) is 0. The van der Waals surface area contributed by atoms with Gasteiger partial charge in [-0.05, 0) is 41.7 Å². The third-order valence-electron chi connectivity index (χ3n) is 4.02. The van der Waals surface area contributed by atoms with Crippen molar-refractivity contribution in [3.8, 4) is 0 Å². The third-order valence-corrected chi connectivity index (χ3v) is 4.54. The Bertz CT molecular complexity index is 600. The van der Waals surface area contributed by atoms with Crippen molar-refractivity contribution in [3.05, 3.63) is 69.7 Å². The Balaban J connectivity index is 1.80. The van der Waals surface area contributed by atoms with Crippen LogP contribution in [0, 0.1) is 0 Å². The van der Waals surface area contributed by atoms with Crippen LogP contribution in [0.15, 0.2) is 53.0 Å². The SMILES string of the molecule is NNC(CC1OCCc2ccccc21)c1ccc(Br)cc1. The first-order chi connectivity index (χ1) is 10.3. The highest BCUT2D eigenvalue weighted by atomic mass is 79.9. The highest BCUT2D eigenvalue weighted by Crippen LogP contribution is 2.34. The number of hydrogen-bond donors (Lipinski definition) is 2. The Morgan fingerprint density at radius 3 is 2.71 bits per heavy atom. The van der Waals surface area contributed by atoms with Crippen LogP contribution in [0.4, 0.5) is 0 Å². The fourth-order valence-corrected chi connectivity index (χ4v) is 3.15. The summed E-state index contributed by atoms with van der Waals surface area (Å²) in [5, 5.41) is 0. The highest BCUT2D eigenvalue weighted by Gasteiger charge is 2.24. The zero-order valence-corrected chi connectivity index (χ0v) is 13.3. The van der Waals surface area contributed by atoms with Crippen LogP contribution >= 0.6 is 15.9 Å². The molecule has 2 aromatic carbocycles. The quantitative estimate of drug-likeness (QED) is 0.656. The lowest BCUT2D eigenvalue weighted by molar-refractivity contribution is 0.0293. The average Bonchev–Trinajstić information content (AvgIpc) is 2.54. The van der Waals surface area contributed by atoms with Gasteiger partial charge in [-0.2, -0.15) is 0 Å². The van der Waals surface area contributed by atoms with E-state index in [-0.39, 0.29) is 12.1 Å². The standard InChI is InChI=1S/C17H19BrN2O/c18-14-7-5-13(6-8-14)16(20-19)11-17-15-4-2-1-3-12(15)9-10-21-17/h1-8,16-17,20H,9-11,19H2. The summed E-state index contributed by atoms with van der Waals surface area (Å²) >= 11 is 3.46. The molecule has 110 valence electrons. The molecule has 1 aliphatic heterocycles. The number of hydrazine groups is 1. The minimum Gasteiger partial charge on any atom is -0.373 e. The first-order valence-electron chi connectivity index (χ1n) is 7.19. The lowest BCUT2D eigenvalue weighted by Gasteiger charge is -2.29. The molecule has 2 atom stereocenters. The lowest BCUT2D eigenvalue weighted by atomic mass is 9.91. The minimum absolute atomic E-state index is 0.0780. The van der Waals surface area contributed by atoms with Gasteiger partial charge in [0.1, 0.15) is 0 Å². The van der Waals surface area contributed by atoms with Crippen LogP contribution in [0.2, 0.25) is 0 Å². The van der Waals surface area contributed by atoms with Gasteiger partial charge in [0.05, 0.1) is 12.7 Å². The average molecular weight is 347 g/mol. The molecule has 0 aliphatic carbocycles. The minimum atomic E-state index is 0.0780. The maximum atomic E-state index is 5.98. The largest absolute Gasteiger partial charge is 0.373 e. The number of nitrogens with one attached hydrogen (secondary N) is 1. The van der Waals surface area contributed by atoms with Crippen molar-refractivity contribution in [2.75, 3.05) is 6.61 Å². The van der Waals surface area contributed by atoms with E-state index in [1.54, 1.807) is 0 Å². The zero-order valence-electron chi connectivity index (χ0n) is 11.8. The van der Waals surface area contributed by atoms with E-state index < -0.39 is 0 Å². The summed E-state index contributed by atoms with van der Waals surface area (Å²) in [4.78, 5) is 0. The lowest BCUT2D eigenvalue weighted by Crippen LogP contribution is -2.31. The Kier molecular flexibility index (Phi) is 4.70. The van der Waals surface area contributed by atoms with E-state index in [2.05, 4.69) is 57.8 Å². The van der Waals surface area contributed by atoms with Crippen LogP contribution in [-0.4, -0.2) is 6.61 Å². The van der Waals surface area contributed by atoms with Crippen molar-refractivity contribution < 1.29 is 4.74 Å². The van der Waals surface area contributed by atoms with Gasteiger partial charge >= 0.3 is 0 Å². The molecular formula is C17H19BrN2O. The molecule has 2 unspecified atom stereocenters. The predicted octanol–water partition coefficient (Wildman–Crippen LogP) is 3.66. The van der Waals surface area contributed by atoms with Gasteiger partial charge in [0.15, 0.2) is 0 Å². The molecule has 0 fully saturated rings. The molecule has 4 heteroatoms. The second kappa shape index (κ2) is 6.71. The van der Waals surface area contributed by atoms with Crippen molar-refractivity contribution in [1.29, 1.82) is 0 Å². The topological polar surface area (TPSA) is 47.3 Å². The van der Waals surface area contributed by atoms with E-state index >= 15 is 0 Å². The van der Waals surface area contributed by atoms with E-state index in [9.17, 15) is 0 Å². The van der Waals surface area contributed by atoms with Gasteiger partial charge in [0.2, 0.25) is 0 Å². The van der Waals surface area contributed by atoms with Gasteiger partial charge in [-0.15, -0.1) is 0 Å². The Hall–Kier alpha value is -1.20. The van der Waals surface area contributed by atoms with Crippen molar-refractivity contribution in [1.82, 2.24) is 5.43 Å². The molecule has 0 saturated heterocycles. The monoisotopic (exact) mass is 346 g/mol. The first-order valence-corrected chi connectivity index (χ1v) is 7.98. The van der Waals surface area contributed by atoms with Crippen LogP contribution in [-0.2, 0) is 11.2 Å². The molecule has 3 N–H and O–H groups in total. The van der Waals surface area contributed by atoms with Crippen LogP contribution in [0.5, 0.6) is 0 Å².